The van der Waals surface area contributed by atoms with Gasteiger partial charge < -0.3 is 9.64 Å². The van der Waals surface area contributed by atoms with Gasteiger partial charge in [-0.2, -0.15) is 0 Å². The molecule has 1 saturated carbocycles. The second kappa shape index (κ2) is 6.82. The molecule has 1 saturated heterocycles. The van der Waals surface area contributed by atoms with E-state index < -0.39 is 0 Å². The fourth-order valence-electron chi connectivity index (χ4n) is 2.98. The van der Waals surface area contributed by atoms with Gasteiger partial charge in [0.15, 0.2) is 0 Å². The molecule has 3 rings (SSSR count). The Labute approximate surface area is 127 Å². The first-order valence-corrected chi connectivity index (χ1v) is 8.36. The van der Waals surface area contributed by atoms with Crippen LogP contribution in [0, 0.1) is 0 Å². The molecule has 0 spiro atoms. The van der Waals surface area contributed by atoms with E-state index >= 15 is 0 Å². The topological polar surface area (TPSA) is 12.5 Å². The summed E-state index contributed by atoms with van der Waals surface area (Å²) in [5.74, 6) is 0.861. The molecule has 1 aromatic rings. The van der Waals surface area contributed by atoms with Gasteiger partial charge in [-0.1, -0.05) is 17.7 Å². The highest BCUT2D eigenvalue weighted by Crippen LogP contribution is 2.31. The lowest BCUT2D eigenvalue weighted by atomic mass is 9.96. The lowest BCUT2D eigenvalue weighted by molar-refractivity contribution is 0.120. The monoisotopic (exact) mass is 293 g/mol. The van der Waals surface area contributed by atoms with Crippen LogP contribution in [0.3, 0.4) is 0 Å². The minimum absolute atomic E-state index is 0.397. The number of hydrogen-bond acceptors (Lipinski definition) is 2. The maximum Gasteiger partial charge on any atom is 0.138 e. The Bertz CT molecular complexity index is 439. The minimum atomic E-state index is 0.397. The van der Waals surface area contributed by atoms with Crippen LogP contribution in [0.25, 0.3) is 0 Å². The first kappa shape index (κ1) is 14.2. The highest BCUT2D eigenvalue weighted by Gasteiger charge is 2.20. The van der Waals surface area contributed by atoms with E-state index in [1.165, 1.54) is 63.7 Å². The zero-order valence-corrected chi connectivity index (χ0v) is 12.9. The lowest BCUT2D eigenvalue weighted by Crippen LogP contribution is -2.24. The van der Waals surface area contributed by atoms with Gasteiger partial charge in [0.2, 0.25) is 0 Å². The predicted octanol–water partition coefficient (Wildman–Crippen LogP) is 4.30. The van der Waals surface area contributed by atoms with Gasteiger partial charge in [0.05, 0.1) is 11.1 Å². The van der Waals surface area contributed by atoms with E-state index in [4.69, 9.17) is 16.3 Å². The minimum Gasteiger partial charge on any atom is -0.489 e. The quantitative estimate of drug-likeness (QED) is 0.775. The average molecular weight is 294 g/mol. The average Bonchev–Trinajstić information content (AvgIpc) is 2.89. The Balaban J connectivity index is 1.47. The van der Waals surface area contributed by atoms with Crippen LogP contribution in [0.2, 0.25) is 5.02 Å². The number of hydrogen-bond donors (Lipinski definition) is 0. The molecule has 0 atom stereocenters. The van der Waals surface area contributed by atoms with Crippen molar-refractivity contribution >= 4 is 11.6 Å². The fourth-order valence-corrected chi connectivity index (χ4v) is 3.22. The van der Waals surface area contributed by atoms with Gasteiger partial charge in [0.1, 0.15) is 5.75 Å². The second-order valence-electron chi connectivity index (χ2n) is 6.09. The van der Waals surface area contributed by atoms with Crippen molar-refractivity contribution in [2.45, 2.75) is 51.0 Å². The third-order valence-corrected chi connectivity index (χ3v) is 4.78. The summed E-state index contributed by atoms with van der Waals surface area (Å²) in [6.07, 6.45) is 9.11. The van der Waals surface area contributed by atoms with Crippen molar-refractivity contribution in [3.63, 3.8) is 0 Å². The number of ether oxygens (including phenoxy) is 1. The Morgan fingerprint density at radius 2 is 1.95 bits per heavy atom. The van der Waals surface area contributed by atoms with Crippen LogP contribution in [0.5, 0.6) is 5.75 Å². The van der Waals surface area contributed by atoms with Crippen molar-refractivity contribution in [1.82, 2.24) is 4.90 Å². The first-order valence-electron chi connectivity index (χ1n) is 7.99. The zero-order valence-electron chi connectivity index (χ0n) is 12.1. The summed E-state index contributed by atoms with van der Waals surface area (Å²) in [6, 6.07) is 6.30. The number of halogens is 1. The molecule has 1 aliphatic carbocycles. The highest BCUT2D eigenvalue weighted by molar-refractivity contribution is 6.32. The molecule has 0 amide bonds. The van der Waals surface area contributed by atoms with Crippen LogP contribution in [-0.4, -0.2) is 30.6 Å². The van der Waals surface area contributed by atoms with Gasteiger partial charge in [-0.3, -0.25) is 0 Å². The largest absolute Gasteiger partial charge is 0.489 e. The normalized spacial score (nSPS) is 20.1. The molecule has 0 radical (unpaired) electrons. The number of nitrogens with zero attached hydrogens (tertiary/aromatic N) is 1. The summed E-state index contributed by atoms with van der Waals surface area (Å²) in [6.45, 7) is 3.79. The molecule has 2 aliphatic rings. The third-order valence-electron chi connectivity index (χ3n) is 4.48. The van der Waals surface area contributed by atoms with Crippen molar-refractivity contribution in [1.29, 1.82) is 0 Å². The van der Waals surface area contributed by atoms with Crippen LogP contribution in [0.1, 0.15) is 44.1 Å². The fraction of sp³-hybridized carbons (Fsp3) is 0.647. The SMILES string of the molecule is Clc1cc(CCCN2CCCC2)ccc1OC1CCC1. The van der Waals surface area contributed by atoms with Crippen LogP contribution >= 0.6 is 11.6 Å². The predicted molar refractivity (Wildman–Crippen MR) is 83.7 cm³/mol. The Hall–Kier alpha value is -0.730. The summed E-state index contributed by atoms with van der Waals surface area (Å²) in [4.78, 5) is 2.57. The Morgan fingerprint density at radius 1 is 1.15 bits per heavy atom. The third kappa shape index (κ3) is 3.67. The maximum atomic E-state index is 6.33. The van der Waals surface area contributed by atoms with Gasteiger partial charge in [0, 0.05) is 0 Å². The summed E-state index contributed by atoms with van der Waals surface area (Å²) >= 11 is 6.33. The molecule has 0 N–H and O–H groups in total. The smallest absolute Gasteiger partial charge is 0.138 e. The Kier molecular flexibility index (Phi) is 4.85. The summed E-state index contributed by atoms with van der Waals surface area (Å²) in [7, 11) is 0. The first-order chi connectivity index (χ1) is 9.81. The summed E-state index contributed by atoms with van der Waals surface area (Å²) in [5.41, 5.74) is 1.33. The number of rotatable bonds is 6. The van der Waals surface area contributed by atoms with E-state index in [1.807, 2.05) is 6.07 Å². The standard InChI is InChI=1S/C17H24ClNO/c18-16-13-14(5-4-12-19-10-1-2-11-19)8-9-17(16)20-15-6-3-7-15/h8-9,13,15H,1-7,10-12H2. The summed E-state index contributed by atoms with van der Waals surface area (Å²) in [5, 5.41) is 0.774. The van der Waals surface area contributed by atoms with Gasteiger partial charge in [-0.05, 0) is 82.3 Å². The van der Waals surface area contributed by atoms with E-state index in [0.717, 1.165) is 17.2 Å². The lowest BCUT2D eigenvalue weighted by Gasteiger charge is -2.26. The molecule has 1 aromatic carbocycles. The maximum absolute atomic E-state index is 6.33. The van der Waals surface area contributed by atoms with Gasteiger partial charge in [-0.25, -0.2) is 0 Å². The van der Waals surface area contributed by atoms with Crippen molar-refractivity contribution in [3.05, 3.63) is 28.8 Å². The molecule has 2 fully saturated rings. The van der Waals surface area contributed by atoms with E-state index in [2.05, 4.69) is 17.0 Å². The molecule has 0 bridgehead atoms. The van der Waals surface area contributed by atoms with E-state index in [1.54, 1.807) is 0 Å². The van der Waals surface area contributed by atoms with Crippen molar-refractivity contribution in [3.8, 4) is 5.75 Å². The van der Waals surface area contributed by atoms with Crippen molar-refractivity contribution < 1.29 is 4.74 Å². The van der Waals surface area contributed by atoms with Crippen molar-refractivity contribution in [2.75, 3.05) is 19.6 Å². The van der Waals surface area contributed by atoms with E-state index in [0.29, 0.717) is 6.10 Å². The molecule has 2 nitrogen and oxygen atoms in total. The van der Waals surface area contributed by atoms with Crippen LogP contribution < -0.4 is 4.74 Å². The van der Waals surface area contributed by atoms with Crippen LogP contribution in [-0.2, 0) is 6.42 Å². The molecule has 1 heterocycles. The molecule has 3 heteroatoms. The Morgan fingerprint density at radius 3 is 2.60 bits per heavy atom. The highest BCUT2D eigenvalue weighted by atomic mass is 35.5. The molecule has 0 unspecified atom stereocenters. The van der Waals surface area contributed by atoms with Gasteiger partial charge in [-0.15, -0.1) is 0 Å². The van der Waals surface area contributed by atoms with Crippen LogP contribution in [0.15, 0.2) is 18.2 Å². The van der Waals surface area contributed by atoms with Gasteiger partial charge >= 0.3 is 0 Å². The molecule has 20 heavy (non-hydrogen) atoms. The van der Waals surface area contributed by atoms with E-state index in [-0.39, 0.29) is 0 Å². The molecule has 1 aliphatic heterocycles. The second-order valence-corrected chi connectivity index (χ2v) is 6.50. The zero-order chi connectivity index (χ0) is 13.8. The number of likely N-dealkylation sites (tertiary alicyclic amines) is 1. The molecular formula is C17H24ClNO. The molecular weight excluding hydrogens is 270 g/mol. The number of aryl methyl sites for hydroxylation is 1. The molecule has 110 valence electrons. The molecule has 0 aromatic heterocycles. The number of benzene rings is 1. The van der Waals surface area contributed by atoms with Gasteiger partial charge in [0.25, 0.3) is 0 Å². The van der Waals surface area contributed by atoms with Crippen molar-refractivity contribution in [2.24, 2.45) is 0 Å². The van der Waals surface area contributed by atoms with E-state index in [9.17, 15) is 0 Å². The van der Waals surface area contributed by atoms with Crippen LogP contribution in [0.4, 0.5) is 0 Å². The summed E-state index contributed by atoms with van der Waals surface area (Å²) < 4.78 is 5.88.